The molecule has 1 aliphatic carbocycles. The predicted molar refractivity (Wildman–Crippen MR) is 132 cm³/mol. The van der Waals surface area contributed by atoms with Gasteiger partial charge in [-0.15, -0.1) is 0 Å². The third-order valence-corrected chi connectivity index (χ3v) is 7.12. The minimum absolute atomic E-state index is 0.0162. The number of carbonyl (C=O) groups is 1. The molecule has 0 bridgehead atoms. The number of nitrogens with zero attached hydrogens (tertiary/aromatic N) is 1. The van der Waals surface area contributed by atoms with E-state index in [-0.39, 0.29) is 17.5 Å². The second-order valence-electron chi connectivity index (χ2n) is 9.61. The van der Waals surface area contributed by atoms with Gasteiger partial charge in [0, 0.05) is 34.5 Å². The molecule has 1 N–H and O–H groups in total. The number of hydrogen-bond donors (Lipinski definition) is 1. The van der Waals surface area contributed by atoms with E-state index in [1.54, 1.807) is 19.1 Å². The number of aromatic amines is 1. The first kappa shape index (κ1) is 23.2. The Morgan fingerprint density at radius 1 is 1.15 bits per heavy atom. The van der Waals surface area contributed by atoms with Crippen LogP contribution >= 0.6 is 0 Å². The Morgan fingerprint density at radius 2 is 1.94 bits per heavy atom. The molecule has 2 aromatic carbocycles. The molecule has 33 heavy (non-hydrogen) atoms. The first-order valence-corrected chi connectivity index (χ1v) is 12.0. The summed E-state index contributed by atoms with van der Waals surface area (Å²) in [7, 11) is 0. The Balaban J connectivity index is 1.37. The van der Waals surface area contributed by atoms with Crippen LogP contribution in [0.2, 0.25) is 0 Å². The average molecular weight is 445 g/mol. The highest BCUT2D eigenvalue weighted by molar-refractivity contribution is 5.98. The molecular weight excluding hydrogens is 411 g/mol. The fraction of sp³-hybridized carbons (Fsp3) is 0.379. The molecule has 1 fully saturated rings. The molecule has 0 spiro atoms. The molecule has 0 radical (unpaired) electrons. The topological polar surface area (TPSA) is 45.8 Å². The highest BCUT2D eigenvalue weighted by atomic mass is 19.1. The van der Waals surface area contributed by atoms with Gasteiger partial charge in [-0.05, 0) is 68.2 Å². The number of allylic oxidation sites excluding steroid dienone is 1. The second kappa shape index (κ2) is 10.3. The van der Waals surface area contributed by atoms with Gasteiger partial charge in [-0.2, -0.15) is 0 Å². The van der Waals surface area contributed by atoms with Crippen LogP contribution in [0.25, 0.3) is 17.0 Å². The largest absolute Gasteiger partial charge is 0.342 e. The van der Waals surface area contributed by atoms with Crippen LogP contribution in [0, 0.1) is 23.6 Å². The molecule has 1 aromatic heterocycles. The van der Waals surface area contributed by atoms with E-state index < -0.39 is 0 Å². The Hall–Kier alpha value is -3.01. The van der Waals surface area contributed by atoms with E-state index in [2.05, 4.69) is 35.6 Å². The van der Waals surface area contributed by atoms with Crippen molar-refractivity contribution in [3.05, 3.63) is 83.9 Å². The zero-order chi connectivity index (χ0) is 23.4. The number of Topliss-reactive ketones (excluding diaryl/α,β-unsaturated/α-hetero) is 1. The van der Waals surface area contributed by atoms with E-state index in [4.69, 9.17) is 0 Å². The molecule has 0 aliphatic heterocycles. The molecule has 4 heteroatoms. The van der Waals surface area contributed by atoms with Crippen LogP contribution in [0.1, 0.15) is 67.6 Å². The van der Waals surface area contributed by atoms with Gasteiger partial charge in [0.15, 0.2) is 5.78 Å². The normalized spacial score (nSPS) is 19.6. The second-order valence-corrected chi connectivity index (χ2v) is 9.61. The number of aromatic nitrogens is 2. The SMILES string of the molecule is C=C(C)c1cc(C(=O)C2CCCC(C(C)Cc3cnc(-c4ccccc4)[nH]3)CC2)ccc1F. The molecule has 1 heterocycles. The number of imidazole rings is 1. The van der Waals surface area contributed by atoms with Gasteiger partial charge in [0.05, 0.1) is 0 Å². The standard InChI is InChI=1S/C29H33FN2O/c1-19(2)26-17-24(14-15-27(26)30)28(33)22-11-7-10-21(12-13-22)20(3)16-25-18-31-29(32-25)23-8-5-4-6-9-23/h4-6,8-9,14-15,17-18,20-22H,1,7,10-13,16H2,2-3H3,(H,31,32). The summed E-state index contributed by atoms with van der Waals surface area (Å²) in [5.41, 5.74) is 3.96. The van der Waals surface area contributed by atoms with Crippen molar-refractivity contribution in [2.75, 3.05) is 0 Å². The van der Waals surface area contributed by atoms with E-state index in [1.165, 1.54) is 6.07 Å². The first-order valence-electron chi connectivity index (χ1n) is 12.0. The molecule has 3 aromatic rings. The van der Waals surface area contributed by atoms with Crippen molar-refractivity contribution >= 4 is 11.4 Å². The summed E-state index contributed by atoms with van der Waals surface area (Å²) in [5, 5.41) is 0. The molecule has 3 unspecified atom stereocenters. The molecule has 1 saturated carbocycles. The number of nitrogens with one attached hydrogen (secondary N) is 1. The maximum atomic E-state index is 14.0. The van der Waals surface area contributed by atoms with Crippen molar-refractivity contribution in [3.8, 4) is 11.4 Å². The molecule has 0 saturated heterocycles. The molecular formula is C29H33FN2O. The molecule has 0 amide bonds. The summed E-state index contributed by atoms with van der Waals surface area (Å²) in [6.07, 6.45) is 7.96. The summed E-state index contributed by atoms with van der Waals surface area (Å²) in [5.74, 6) is 1.87. The Morgan fingerprint density at radius 3 is 2.70 bits per heavy atom. The van der Waals surface area contributed by atoms with E-state index in [9.17, 15) is 9.18 Å². The van der Waals surface area contributed by atoms with Gasteiger partial charge in [-0.3, -0.25) is 4.79 Å². The van der Waals surface area contributed by atoms with E-state index in [0.717, 1.165) is 55.6 Å². The maximum Gasteiger partial charge on any atom is 0.165 e. The van der Waals surface area contributed by atoms with Crippen LogP contribution < -0.4 is 0 Å². The lowest BCUT2D eigenvalue weighted by Crippen LogP contribution is -2.16. The van der Waals surface area contributed by atoms with Crippen LogP contribution in [0.4, 0.5) is 4.39 Å². The lowest BCUT2D eigenvalue weighted by atomic mass is 9.84. The van der Waals surface area contributed by atoms with Gasteiger partial charge in [-0.25, -0.2) is 9.37 Å². The van der Waals surface area contributed by atoms with Crippen molar-refractivity contribution in [1.82, 2.24) is 9.97 Å². The smallest absolute Gasteiger partial charge is 0.165 e. The number of benzene rings is 2. The number of halogens is 1. The highest BCUT2D eigenvalue weighted by Crippen LogP contribution is 2.35. The highest BCUT2D eigenvalue weighted by Gasteiger charge is 2.28. The van der Waals surface area contributed by atoms with Gasteiger partial charge < -0.3 is 4.98 Å². The summed E-state index contributed by atoms with van der Waals surface area (Å²) in [4.78, 5) is 21.2. The fourth-order valence-corrected chi connectivity index (χ4v) is 5.12. The number of hydrogen-bond acceptors (Lipinski definition) is 2. The van der Waals surface area contributed by atoms with Crippen molar-refractivity contribution in [3.63, 3.8) is 0 Å². The monoisotopic (exact) mass is 444 g/mol. The van der Waals surface area contributed by atoms with Gasteiger partial charge in [0.25, 0.3) is 0 Å². The molecule has 3 nitrogen and oxygen atoms in total. The maximum absolute atomic E-state index is 14.0. The van der Waals surface area contributed by atoms with E-state index in [1.807, 2.05) is 24.4 Å². The lowest BCUT2D eigenvalue weighted by Gasteiger charge is -2.22. The Labute approximate surface area is 196 Å². The molecule has 4 rings (SSSR count). The van der Waals surface area contributed by atoms with Crippen LogP contribution in [0.5, 0.6) is 0 Å². The van der Waals surface area contributed by atoms with Crippen LogP contribution in [-0.4, -0.2) is 15.8 Å². The Kier molecular flexibility index (Phi) is 7.22. The summed E-state index contributed by atoms with van der Waals surface area (Å²) in [6.45, 7) is 7.92. The van der Waals surface area contributed by atoms with Crippen molar-refractivity contribution < 1.29 is 9.18 Å². The number of rotatable bonds is 7. The average Bonchev–Trinajstić information content (AvgIpc) is 3.14. The first-order chi connectivity index (χ1) is 15.9. The molecule has 1 aliphatic rings. The summed E-state index contributed by atoms with van der Waals surface area (Å²) in [6, 6.07) is 14.9. The number of carbonyl (C=O) groups excluding carboxylic acids is 1. The van der Waals surface area contributed by atoms with E-state index >= 15 is 0 Å². The van der Waals surface area contributed by atoms with Gasteiger partial charge in [0.1, 0.15) is 11.6 Å². The van der Waals surface area contributed by atoms with Crippen LogP contribution in [-0.2, 0) is 6.42 Å². The number of H-pyrrole nitrogens is 1. The minimum Gasteiger partial charge on any atom is -0.342 e. The zero-order valence-electron chi connectivity index (χ0n) is 19.6. The summed E-state index contributed by atoms with van der Waals surface area (Å²) < 4.78 is 14.0. The minimum atomic E-state index is -0.317. The number of ketones is 1. The van der Waals surface area contributed by atoms with E-state index in [0.29, 0.717) is 28.5 Å². The summed E-state index contributed by atoms with van der Waals surface area (Å²) >= 11 is 0. The molecule has 172 valence electrons. The van der Waals surface area contributed by atoms with Gasteiger partial charge in [-0.1, -0.05) is 56.7 Å². The van der Waals surface area contributed by atoms with Crippen molar-refractivity contribution in [2.24, 2.45) is 17.8 Å². The quantitative estimate of drug-likeness (QED) is 0.303. The fourth-order valence-electron chi connectivity index (χ4n) is 5.12. The van der Waals surface area contributed by atoms with Crippen LogP contribution in [0.15, 0.2) is 61.3 Å². The third kappa shape index (κ3) is 5.50. The van der Waals surface area contributed by atoms with Gasteiger partial charge in [0.2, 0.25) is 0 Å². The van der Waals surface area contributed by atoms with Crippen molar-refractivity contribution in [1.29, 1.82) is 0 Å². The molecule has 3 atom stereocenters. The zero-order valence-corrected chi connectivity index (χ0v) is 19.6. The van der Waals surface area contributed by atoms with Crippen molar-refractivity contribution in [2.45, 2.75) is 52.4 Å². The Bertz CT molecular complexity index is 1120. The lowest BCUT2D eigenvalue weighted by molar-refractivity contribution is 0.0906. The predicted octanol–water partition coefficient (Wildman–Crippen LogP) is 7.51. The van der Waals surface area contributed by atoms with Crippen LogP contribution in [0.3, 0.4) is 0 Å². The van der Waals surface area contributed by atoms with Gasteiger partial charge >= 0.3 is 0 Å². The third-order valence-electron chi connectivity index (χ3n) is 7.12.